The molecule has 3 nitrogen and oxygen atoms in total. The lowest BCUT2D eigenvalue weighted by molar-refractivity contribution is 0.421. The lowest BCUT2D eigenvalue weighted by atomic mass is 10.0. The van der Waals surface area contributed by atoms with Crippen LogP contribution >= 0.6 is 0 Å². The van der Waals surface area contributed by atoms with Crippen LogP contribution in [0, 0.1) is 5.92 Å². The first-order chi connectivity index (χ1) is 8.22. The monoisotopic (exact) mass is 235 g/mol. The normalized spacial score (nSPS) is 24.7. The summed E-state index contributed by atoms with van der Waals surface area (Å²) >= 11 is 0. The van der Waals surface area contributed by atoms with Crippen LogP contribution in [0.5, 0.6) is 0 Å². The summed E-state index contributed by atoms with van der Waals surface area (Å²) < 4.78 is 2.14. The summed E-state index contributed by atoms with van der Waals surface area (Å²) in [5, 5.41) is 4.72. The van der Waals surface area contributed by atoms with Gasteiger partial charge >= 0.3 is 0 Å². The predicted molar refractivity (Wildman–Crippen MR) is 70.9 cm³/mol. The van der Waals surface area contributed by atoms with Crippen molar-refractivity contribution in [1.29, 1.82) is 0 Å². The number of aromatic nitrogens is 2. The quantitative estimate of drug-likeness (QED) is 0.852. The number of nitrogens with two attached hydrogens (primary N) is 1. The Morgan fingerprint density at radius 1 is 1.41 bits per heavy atom. The maximum atomic E-state index is 5.95. The maximum Gasteiger partial charge on any atom is 0.0627 e. The van der Waals surface area contributed by atoms with E-state index in [-0.39, 0.29) is 0 Å². The molecule has 0 spiro atoms. The van der Waals surface area contributed by atoms with Gasteiger partial charge in [0.2, 0.25) is 0 Å². The zero-order valence-electron chi connectivity index (χ0n) is 11.1. The zero-order valence-corrected chi connectivity index (χ0v) is 11.1. The first-order valence-corrected chi connectivity index (χ1v) is 7.02. The smallest absolute Gasteiger partial charge is 0.0627 e. The second-order valence-electron chi connectivity index (χ2n) is 5.40. The van der Waals surface area contributed by atoms with E-state index in [1.165, 1.54) is 25.0 Å². The molecular formula is C14H25N3. The molecule has 0 aromatic carbocycles. The molecule has 1 fully saturated rings. The average Bonchev–Trinajstić information content (AvgIpc) is 2.91. The lowest BCUT2D eigenvalue weighted by Crippen LogP contribution is -2.15. The fraction of sp³-hybridized carbons (Fsp3) is 0.786. The fourth-order valence-corrected chi connectivity index (χ4v) is 2.95. The average molecular weight is 235 g/mol. The molecule has 1 aromatic heterocycles. The van der Waals surface area contributed by atoms with Gasteiger partial charge in [0, 0.05) is 12.2 Å². The second-order valence-corrected chi connectivity index (χ2v) is 5.40. The van der Waals surface area contributed by atoms with Gasteiger partial charge in [0.1, 0.15) is 0 Å². The summed E-state index contributed by atoms with van der Waals surface area (Å²) in [5.41, 5.74) is 7.20. The van der Waals surface area contributed by atoms with Gasteiger partial charge in [-0.05, 0) is 50.5 Å². The highest BCUT2D eigenvalue weighted by Crippen LogP contribution is 2.27. The van der Waals surface area contributed by atoms with Crippen LogP contribution in [0.4, 0.5) is 0 Å². The summed E-state index contributed by atoms with van der Waals surface area (Å²) in [5.74, 6) is 0.759. The molecule has 1 heterocycles. The van der Waals surface area contributed by atoms with Crippen LogP contribution in [-0.2, 0) is 6.42 Å². The Bertz CT molecular complexity index is 341. The Hall–Kier alpha value is -0.830. The van der Waals surface area contributed by atoms with E-state index in [4.69, 9.17) is 10.8 Å². The van der Waals surface area contributed by atoms with Gasteiger partial charge in [-0.15, -0.1) is 0 Å². The van der Waals surface area contributed by atoms with Gasteiger partial charge in [-0.1, -0.05) is 13.8 Å². The topological polar surface area (TPSA) is 43.8 Å². The molecule has 1 aliphatic rings. The molecule has 1 aliphatic carbocycles. The third kappa shape index (κ3) is 3.09. The van der Waals surface area contributed by atoms with Crippen molar-refractivity contribution in [3.63, 3.8) is 0 Å². The van der Waals surface area contributed by atoms with Gasteiger partial charge in [-0.25, -0.2) is 0 Å². The van der Waals surface area contributed by atoms with Crippen LogP contribution in [0.1, 0.15) is 57.7 Å². The molecule has 0 bridgehead atoms. The van der Waals surface area contributed by atoms with Gasteiger partial charge in [0.15, 0.2) is 0 Å². The molecule has 1 aromatic rings. The second kappa shape index (κ2) is 5.67. The van der Waals surface area contributed by atoms with Gasteiger partial charge in [0.25, 0.3) is 0 Å². The van der Waals surface area contributed by atoms with E-state index in [0.29, 0.717) is 12.1 Å². The maximum absolute atomic E-state index is 5.95. The third-order valence-corrected chi connectivity index (χ3v) is 4.06. The molecule has 0 radical (unpaired) electrons. The molecular weight excluding hydrogens is 210 g/mol. The Labute approximate surface area is 104 Å². The number of rotatable bonds is 5. The highest BCUT2D eigenvalue weighted by Gasteiger charge is 2.22. The minimum absolute atomic E-state index is 0.432. The van der Waals surface area contributed by atoms with E-state index in [9.17, 15) is 0 Å². The number of hydrogen-bond donors (Lipinski definition) is 1. The van der Waals surface area contributed by atoms with Crippen molar-refractivity contribution in [2.75, 3.05) is 0 Å². The van der Waals surface area contributed by atoms with Crippen molar-refractivity contribution < 1.29 is 0 Å². The Morgan fingerprint density at radius 2 is 2.18 bits per heavy atom. The van der Waals surface area contributed by atoms with Crippen LogP contribution in [0.3, 0.4) is 0 Å². The molecule has 2 atom stereocenters. The Morgan fingerprint density at radius 3 is 2.76 bits per heavy atom. The molecule has 2 unspecified atom stereocenters. The minimum atomic E-state index is 0.432. The van der Waals surface area contributed by atoms with Crippen molar-refractivity contribution in [2.24, 2.45) is 11.7 Å². The molecule has 2 rings (SSSR count). The van der Waals surface area contributed by atoms with Crippen LogP contribution in [0.2, 0.25) is 0 Å². The Kier molecular flexibility index (Phi) is 4.21. The molecule has 2 N–H and O–H groups in total. The van der Waals surface area contributed by atoms with Crippen molar-refractivity contribution in [1.82, 2.24) is 9.78 Å². The molecule has 17 heavy (non-hydrogen) atoms. The van der Waals surface area contributed by atoms with Gasteiger partial charge < -0.3 is 5.73 Å². The Balaban J connectivity index is 1.94. The molecule has 0 saturated heterocycles. The van der Waals surface area contributed by atoms with Crippen molar-refractivity contribution >= 4 is 0 Å². The van der Waals surface area contributed by atoms with Crippen LogP contribution in [0.15, 0.2) is 12.3 Å². The summed E-state index contributed by atoms with van der Waals surface area (Å²) in [7, 11) is 0. The van der Waals surface area contributed by atoms with E-state index in [1.54, 1.807) is 0 Å². The molecule has 3 heteroatoms. The van der Waals surface area contributed by atoms with Crippen molar-refractivity contribution in [3.8, 4) is 0 Å². The highest BCUT2D eigenvalue weighted by atomic mass is 15.3. The van der Waals surface area contributed by atoms with Gasteiger partial charge in [-0.3, -0.25) is 4.68 Å². The summed E-state index contributed by atoms with van der Waals surface area (Å²) in [6, 6.07) is 3.18. The van der Waals surface area contributed by atoms with E-state index >= 15 is 0 Å². The van der Waals surface area contributed by atoms with E-state index in [0.717, 1.165) is 25.2 Å². The van der Waals surface area contributed by atoms with Crippen LogP contribution in [-0.4, -0.2) is 15.8 Å². The SMILES string of the molecule is CCC(CC)n1ccc(CC2CCC(N)C2)n1. The predicted octanol–water partition coefficient (Wildman–Crippen LogP) is 2.91. The first kappa shape index (κ1) is 12.6. The van der Waals surface area contributed by atoms with E-state index in [1.807, 2.05) is 0 Å². The summed E-state index contributed by atoms with van der Waals surface area (Å²) in [6.45, 7) is 4.46. The highest BCUT2D eigenvalue weighted by molar-refractivity contribution is 5.02. The van der Waals surface area contributed by atoms with Crippen molar-refractivity contribution in [2.45, 2.75) is 64.5 Å². The zero-order chi connectivity index (χ0) is 12.3. The molecule has 1 saturated carbocycles. The van der Waals surface area contributed by atoms with Crippen molar-refractivity contribution in [3.05, 3.63) is 18.0 Å². The largest absolute Gasteiger partial charge is 0.328 e. The number of hydrogen-bond acceptors (Lipinski definition) is 2. The summed E-state index contributed by atoms with van der Waals surface area (Å²) in [4.78, 5) is 0. The minimum Gasteiger partial charge on any atom is -0.328 e. The molecule has 0 aliphatic heterocycles. The summed E-state index contributed by atoms with van der Waals surface area (Å²) in [6.07, 6.45) is 9.22. The first-order valence-electron chi connectivity index (χ1n) is 7.02. The molecule has 96 valence electrons. The third-order valence-electron chi connectivity index (χ3n) is 4.06. The van der Waals surface area contributed by atoms with E-state index < -0.39 is 0 Å². The van der Waals surface area contributed by atoms with Gasteiger partial charge in [-0.2, -0.15) is 5.10 Å². The van der Waals surface area contributed by atoms with Crippen LogP contribution < -0.4 is 5.73 Å². The van der Waals surface area contributed by atoms with Crippen LogP contribution in [0.25, 0.3) is 0 Å². The number of nitrogens with zero attached hydrogens (tertiary/aromatic N) is 2. The molecule has 0 amide bonds. The lowest BCUT2D eigenvalue weighted by Gasteiger charge is -2.12. The standard InChI is InChI=1S/C14H25N3/c1-3-14(4-2)17-8-7-13(16-17)10-11-5-6-12(15)9-11/h7-8,11-12,14H,3-6,9-10,15H2,1-2H3. The fourth-order valence-electron chi connectivity index (χ4n) is 2.95. The van der Waals surface area contributed by atoms with E-state index in [2.05, 4.69) is 30.8 Å². The van der Waals surface area contributed by atoms with Gasteiger partial charge in [0.05, 0.1) is 11.7 Å².